The normalized spacial score (nSPS) is 11.0. The van der Waals surface area contributed by atoms with Crippen LogP contribution in [0.4, 0.5) is 0 Å². The number of hydrogen-bond acceptors (Lipinski definition) is 4. The van der Waals surface area contributed by atoms with Gasteiger partial charge in [-0.3, -0.25) is 4.79 Å². The third kappa shape index (κ3) is 4.27. The summed E-state index contributed by atoms with van der Waals surface area (Å²) in [5.41, 5.74) is 3.20. The monoisotopic (exact) mass is 452 g/mol. The van der Waals surface area contributed by atoms with Gasteiger partial charge in [0.2, 0.25) is 0 Å². The van der Waals surface area contributed by atoms with Crippen LogP contribution in [0.25, 0.3) is 11.3 Å². The van der Waals surface area contributed by atoms with Crippen molar-refractivity contribution < 1.29 is 14.3 Å². The highest BCUT2D eigenvalue weighted by Gasteiger charge is 2.11. The molecule has 0 saturated heterocycles. The Bertz CT molecular complexity index is 1000. The summed E-state index contributed by atoms with van der Waals surface area (Å²) in [4.78, 5) is 12.0. The van der Waals surface area contributed by atoms with Crippen LogP contribution >= 0.6 is 39.1 Å². The van der Waals surface area contributed by atoms with Gasteiger partial charge in [0, 0.05) is 10.0 Å². The number of rotatable bonds is 4. The fourth-order valence-corrected chi connectivity index (χ4v) is 2.79. The molecule has 0 aliphatic rings. The van der Waals surface area contributed by atoms with Crippen molar-refractivity contribution in [2.75, 3.05) is 0 Å². The van der Waals surface area contributed by atoms with Gasteiger partial charge in [-0.1, -0.05) is 39.1 Å². The number of hydrogen-bond donors (Lipinski definition) is 2. The van der Waals surface area contributed by atoms with Gasteiger partial charge in [0.25, 0.3) is 5.91 Å². The molecule has 0 unspecified atom stereocenters. The van der Waals surface area contributed by atoms with Crippen molar-refractivity contribution in [2.45, 2.75) is 0 Å². The molecule has 0 aliphatic carbocycles. The molecule has 5 nitrogen and oxygen atoms in total. The van der Waals surface area contributed by atoms with Gasteiger partial charge in [0.15, 0.2) is 0 Å². The summed E-state index contributed by atoms with van der Waals surface area (Å²) in [5.74, 6) is 0.336. The van der Waals surface area contributed by atoms with Crippen molar-refractivity contribution in [3.63, 3.8) is 0 Å². The second-order valence-corrected chi connectivity index (χ2v) is 6.92. The maximum absolute atomic E-state index is 12.0. The molecule has 0 saturated carbocycles. The molecule has 2 N–H and O–H groups in total. The average Bonchev–Trinajstić information content (AvgIpc) is 3.08. The maximum Gasteiger partial charge on any atom is 0.275 e. The molecule has 0 fully saturated rings. The molecule has 3 aromatic rings. The van der Waals surface area contributed by atoms with Crippen molar-refractivity contribution >= 4 is 51.3 Å². The number of hydrazone groups is 1. The van der Waals surface area contributed by atoms with Crippen LogP contribution in [0, 0.1) is 0 Å². The highest BCUT2D eigenvalue weighted by atomic mass is 79.9. The molecule has 0 aliphatic heterocycles. The summed E-state index contributed by atoms with van der Waals surface area (Å²) >= 11 is 15.1. The van der Waals surface area contributed by atoms with Gasteiger partial charge in [-0.05, 0) is 48.5 Å². The summed E-state index contributed by atoms with van der Waals surface area (Å²) in [5, 5.41) is 14.4. The minimum Gasteiger partial charge on any atom is -0.507 e. The first kappa shape index (κ1) is 18.5. The van der Waals surface area contributed by atoms with Crippen molar-refractivity contribution in [2.24, 2.45) is 5.10 Å². The molecule has 1 aromatic heterocycles. The predicted octanol–water partition coefficient (Wildman–Crippen LogP) is 5.49. The van der Waals surface area contributed by atoms with E-state index in [0.717, 1.165) is 5.56 Å². The van der Waals surface area contributed by atoms with E-state index in [1.165, 1.54) is 18.3 Å². The number of nitrogens with zero attached hydrogens (tertiary/aromatic N) is 1. The van der Waals surface area contributed by atoms with Gasteiger partial charge >= 0.3 is 0 Å². The second-order valence-electron chi connectivity index (χ2n) is 5.19. The zero-order chi connectivity index (χ0) is 18.7. The lowest BCUT2D eigenvalue weighted by atomic mass is 10.2. The Kier molecular flexibility index (Phi) is 5.66. The van der Waals surface area contributed by atoms with Crippen LogP contribution in [-0.4, -0.2) is 17.2 Å². The largest absolute Gasteiger partial charge is 0.507 e. The third-order valence-corrected chi connectivity index (χ3v) is 4.62. The fourth-order valence-electron chi connectivity index (χ4n) is 2.13. The molecule has 0 spiro atoms. The van der Waals surface area contributed by atoms with E-state index < -0.39 is 5.91 Å². The smallest absolute Gasteiger partial charge is 0.275 e. The average molecular weight is 454 g/mol. The quantitative estimate of drug-likeness (QED) is 0.405. The Morgan fingerprint density at radius 2 is 1.92 bits per heavy atom. The summed E-state index contributed by atoms with van der Waals surface area (Å²) < 4.78 is 6.30. The lowest BCUT2D eigenvalue weighted by molar-refractivity contribution is 0.0952. The number of amides is 1. The number of phenolic OH excluding ortho intramolecular Hbond substituents is 1. The molecule has 8 heteroatoms. The standard InChI is InChI=1S/C18H11BrCl2N2O3/c19-11-2-5-16(24)13(8-11)18(25)23-22-9-12-3-6-17(26-12)10-1-4-14(20)15(21)7-10/h1-9,24H,(H,23,25)/b22-9-. The Hall–Kier alpha value is -2.28. The van der Waals surface area contributed by atoms with Gasteiger partial charge < -0.3 is 9.52 Å². The highest BCUT2D eigenvalue weighted by Crippen LogP contribution is 2.29. The number of nitrogens with one attached hydrogen (secondary N) is 1. The van der Waals surface area contributed by atoms with Crippen LogP contribution in [0.5, 0.6) is 5.75 Å². The number of halogens is 3. The zero-order valence-electron chi connectivity index (χ0n) is 13.0. The minimum absolute atomic E-state index is 0.104. The van der Waals surface area contributed by atoms with Crippen molar-refractivity contribution in [1.82, 2.24) is 5.43 Å². The van der Waals surface area contributed by atoms with Gasteiger partial charge in [-0.2, -0.15) is 5.10 Å². The predicted molar refractivity (Wildman–Crippen MR) is 105 cm³/mol. The summed E-state index contributed by atoms with van der Waals surface area (Å²) in [7, 11) is 0. The molecule has 0 radical (unpaired) electrons. The van der Waals surface area contributed by atoms with Crippen LogP contribution in [0.15, 0.2) is 62.5 Å². The molecule has 1 heterocycles. The fraction of sp³-hybridized carbons (Fsp3) is 0. The SMILES string of the molecule is O=C(N/N=C\c1ccc(-c2ccc(Cl)c(Cl)c2)o1)c1cc(Br)ccc1O. The molecule has 132 valence electrons. The molecule has 26 heavy (non-hydrogen) atoms. The van der Waals surface area contributed by atoms with Crippen molar-refractivity contribution in [3.8, 4) is 17.1 Å². The van der Waals surface area contributed by atoms with Crippen LogP contribution < -0.4 is 5.43 Å². The van der Waals surface area contributed by atoms with E-state index in [9.17, 15) is 9.90 Å². The first-order valence-electron chi connectivity index (χ1n) is 7.31. The van der Waals surface area contributed by atoms with Gasteiger partial charge in [-0.25, -0.2) is 5.43 Å². The first-order chi connectivity index (χ1) is 12.4. The van der Waals surface area contributed by atoms with E-state index in [4.69, 9.17) is 27.6 Å². The Morgan fingerprint density at radius 1 is 1.12 bits per heavy atom. The van der Waals surface area contributed by atoms with E-state index in [-0.39, 0.29) is 11.3 Å². The van der Waals surface area contributed by atoms with Crippen molar-refractivity contribution in [1.29, 1.82) is 0 Å². The summed E-state index contributed by atoms with van der Waals surface area (Å²) in [6.07, 6.45) is 1.36. The van der Waals surface area contributed by atoms with Gasteiger partial charge in [0.05, 0.1) is 21.8 Å². The number of carbonyl (C=O) groups excluding carboxylic acids is 1. The molecular weight excluding hydrogens is 443 g/mol. The van der Waals surface area contributed by atoms with E-state index in [1.54, 1.807) is 36.4 Å². The number of aromatic hydroxyl groups is 1. The Morgan fingerprint density at radius 3 is 2.69 bits per heavy atom. The van der Waals surface area contributed by atoms with Crippen molar-refractivity contribution in [3.05, 3.63) is 74.4 Å². The molecule has 0 bridgehead atoms. The third-order valence-electron chi connectivity index (χ3n) is 3.39. The van der Waals surface area contributed by atoms with Crippen LogP contribution in [0.1, 0.15) is 16.1 Å². The molecule has 1 amide bonds. The minimum atomic E-state index is -0.545. The zero-order valence-corrected chi connectivity index (χ0v) is 16.1. The van der Waals surface area contributed by atoms with E-state index in [1.807, 2.05) is 0 Å². The summed E-state index contributed by atoms with van der Waals surface area (Å²) in [6.45, 7) is 0. The molecule has 3 rings (SSSR count). The number of furan rings is 1. The lowest BCUT2D eigenvalue weighted by Gasteiger charge is -2.03. The lowest BCUT2D eigenvalue weighted by Crippen LogP contribution is -2.17. The highest BCUT2D eigenvalue weighted by molar-refractivity contribution is 9.10. The second kappa shape index (κ2) is 7.95. The van der Waals surface area contributed by atoms with E-state index >= 15 is 0 Å². The molecule has 0 atom stereocenters. The van der Waals surface area contributed by atoms with E-state index in [0.29, 0.717) is 26.0 Å². The number of benzene rings is 2. The van der Waals surface area contributed by atoms with Gasteiger partial charge in [0.1, 0.15) is 17.3 Å². The Balaban J connectivity index is 1.70. The van der Waals surface area contributed by atoms with Crippen LogP contribution in [0.3, 0.4) is 0 Å². The van der Waals surface area contributed by atoms with Gasteiger partial charge in [-0.15, -0.1) is 0 Å². The van der Waals surface area contributed by atoms with E-state index in [2.05, 4.69) is 26.5 Å². The molecule has 2 aromatic carbocycles. The Labute approximate surface area is 167 Å². The molecular formula is C18H11BrCl2N2O3. The van der Waals surface area contributed by atoms with Crippen LogP contribution in [0.2, 0.25) is 10.0 Å². The maximum atomic E-state index is 12.0. The first-order valence-corrected chi connectivity index (χ1v) is 8.86. The topological polar surface area (TPSA) is 74.8 Å². The number of phenols is 1. The summed E-state index contributed by atoms with van der Waals surface area (Å²) in [6, 6.07) is 13.2. The van der Waals surface area contributed by atoms with Crippen LogP contribution in [-0.2, 0) is 0 Å². The number of carbonyl (C=O) groups is 1.